The fraction of sp³-hybridized carbons (Fsp3) is 0.240. The van der Waals surface area contributed by atoms with Crippen molar-refractivity contribution in [3.05, 3.63) is 87.8 Å². The van der Waals surface area contributed by atoms with Crippen LogP contribution in [0.25, 0.3) is 16.9 Å². The van der Waals surface area contributed by atoms with E-state index in [-0.39, 0.29) is 11.5 Å². The molecule has 5 rings (SSSR count). The van der Waals surface area contributed by atoms with Gasteiger partial charge in [-0.15, -0.1) is 0 Å². The van der Waals surface area contributed by atoms with Gasteiger partial charge in [-0.05, 0) is 41.8 Å². The highest BCUT2D eigenvalue weighted by molar-refractivity contribution is 5.76. The van der Waals surface area contributed by atoms with Crippen molar-refractivity contribution in [2.75, 3.05) is 13.7 Å². The normalized spacial score (nSPS) is 13.2. The number of amides is 1. The monoisotopic (exact) mass is 428 g/mol. The van der Waals surface area contributed by atoms with Crippen molar-refractivity contribution in [3.63, 3.8) is 0 Å². The van der Waals surface area contributed by atoms with Crippen LogP contribution >= 0.6 is 0 Å². The van der Waals surface area contributed by atoms with E-state index >= 15 is 0 Å². The Bertz CT molecular complexity index is 1320. The Labute approximate surface area is 185 Å². The van der Waals surface area contributed by atoms with Crippen molar-refractivity contribution in [1.82, 2.24) is 19.5 Å². The number of aromatic nitrogens is 3. The average Bonchev–Trinajstić information content (AvgIpc) is 3.27. The standard InChI is InChI=1S/C25H24N4O3/c1-32-19-10-8-18(9-11-19)22-15-23-26-21-13-14-28(16-20(21)25(31)29(23)27-22)24(30)12-7-17-5-3-2-4-6-17/h2-6,8-11,15,27H,7,12-14,16H2,1H3. The Morgan fingerprint density at radius 1 is 1.12 bits per heavy atom. The maximum Gasteiger partial charge on any atom is 0.277 e. The van der Waals surface area contributed by atoms with E-state index in [4.69, 9.17) is 9.72 Å². The summed E-state index contributed by atoms with van der Waals surface area (Å²) in [6.07, 6.45) is 1.71. The van der Waals surface area contributed by atoms with Crippen LogP contribution in [0.1, 0.15) is 23.2 Å². The number of hydrogen-bond donors (Lipinski definition) is 1. The summed E-state index contributed by atoms with van der Waals surface area (Å²) in [6.45, 7) is 0.883. The van der Waals surface area contributed by atoms with Crippen molar-refractivity contribution < 1.29 is 9.53 Å². The Hall–Kier alpha value is -3.87. The van der Waals surface area contributed by atoms with E-state index in [2.05, 4.69) is 5.10 Å². The molecule has 1 aliphatic heterocycles. The van der Waals surface area contributed by atoms with Gasteiger partial charge in [0.05, 0.1) is 30.6 Å². The highest BCUT2D eigenvalue weighted by Gasteiger charge is 2.25. The van der Waals surface area contributed by atoms with Crippen LogP contribution in [0.4, 0.5) is 0 Å². The summed E-state index contributed by atoms with van der Waals surface area (Å²) in [5, 5.41) is 3.16. The SMILES string of the molecule is COc1ccc(-c2cc3nc4c(c(=O)n3[nH]2)CN(C(=O)CCc2ccccc2)CC4)cc1. The van der Waals surface area contributed by atoms with Gasteiger partial charge in [-0.25, -0.2) is 9.50 Å². The highest BCUT2D eigenvalue weighted by atomic mass is 16.5. The van der Waals surface area contributed by atoms with Crippen LogP contribution in [0.5, 0.6) is 5.75 Å². The van der Waals surface area contributed by atoms with Gasteiger partial charge in [-0.3, -0.25) is 14.7 Å². The Morgan fingerprint density at radius 2 is 1.91 bits per heavy atom. The minimum Gasteiger partial charge on any atom is -0.497 e. The van der Waals surface area contributed by atoms with Gasteiger partial charge >= 0.3 is 0 Å². The molecule has 7 nitrogen and oxygen atoms in total. The zero-order valence-corrected chi connectivity index (χ0v) is 17.9. The van der Waals surface area contributed by atoms with Crippen LogP contribution in [-0.2, 0) is 24.2 Å². The predicted octanol–water partition coefficient (Wildman–Crippen LogP) is 3.22. The number of rotatable bonds is 5. The summed E-state index contributed by atoms with van der Waals surface area (Å²) in [7, 11) is 1.63. The molecule has 162 valence electrons. The predicted molar refractivity (Wildman–Crippen MR) is 122 cm³/mol. The molecule has 0 fully saturated rings. The molecule has 0 saturated heterocycles. The van der Waals surface area contributed by atoms with Gasteiger partial charge in [-0.2, -0.15) is 0 Å². The topological polar surface area (TPSA) is 79.7 Å². The fourth-order valence-corrected chi connectivity index (χ4v) is 4.17. The van der Waals surface area contributed by atoms with Crippen molar-refractivity contribution >= 4 is 11.6 Å². The number of nitrogens with one attached hydrogen (secondary N) is 1. The zero-order valence-electron chi connectivity index (χ0n) is 17.9. The van der Waals surface area contributed by atoms with Gasteiger partial charge in [0.1, 0.15) is 5.75 Å². The number of fused-ring (bicyclic) bond motifs is 2. The number of ether oxygens (including phenoxy) is 1. The lowest BCUT2D eigenvalue weighted by molar-refractivity contribution is -0.132. The second-order valence-corrected chi connectivity index (χ2v) is 7.99. The lowest BCUT2D eigenvalue weighted by atomic mass is 10.1. The van der Waals surface area contributed by atoms with Crippen LogP contribution in [0, 0.1) is 0 Å². The van der Waals surface area contributed by atoms with Gasteiger partial charge in [-0.1, -0.05) is 30.3 Å². The first-order valence-corrected chi connectivity index (χ1v) is 10.7. The molecule has 2 aromatic carbocycles. The van der Waals surface area contributed by atoms with Gasteiger partial charge in [0.2, 0.25) is 5.91 Å². The molecule has 0 atom stereocenters. The van der Waals surface area contributed by atoms with E-state index in [1.54, 1.807) is 12.0 Å². The van der Waals surface area contributed by atoms with E-state index < -0.39 is 0 Å². The molecule has 0 saturated carbocycles. The molecule has 3 heterocycles. The molecule has 1 aliphatic rings. The molecule has 2 aromatic heterocycles. The Kier molecular flexibility index (Phi) is 5.23. The number of methoxy groups -OCH3 is 1. The second-order valence-electron chi connectivity index (χ2n) is 7.99. The first-order chi connectivity index (χ1) is 15.6. The maximum absolute atomic E-state index is 13.2. The van der Waals surface area contributed by atoms with Crippen LogP contribution in [0.2, 0.25) is 0 Å². The number of hydrogen-bond acceptors (Lipinski definition) is 4. The van der Waals surface area contributed by atoms with E-state index in [9.17, 15) is 9.59 Å². The number of carbonyl (C=O) groups excluding carboxylic acids is 1. The van der Waals surface area contributed by atoms with Crippen LogP contribution < -0.4 is 10.3 Å². The molecule has 7 heteroatoms. The minimum absolute atomic E-state index is 0.0643. The third kappa shape index (κ3) is 3.77. The first kappa shape index (κ1) is 20.1. The maximum atomic E-state index is 13.2. The van der Waals surface area contributed by atoms with Gasteiger partial charge in [0, 0.05) is 25.5 Å². The van der Waals surface area contributed by atoms with Crippen LogP contribution in [-0.4, -0.2) is 39.1 Å². The summed E-state index contributed by atoms with van der Waals surface area (Å²) in [5.41, 5.74) is 4.68. The number of aryl methyl sites for hydroxylation is 1. The average molecular weight is 428 g/mol. The molecule has 1 N–H and O–H groups in total. The number of H-pyrrole nitrogens is 1. The van der Waals surface area contributed by atoms with Gasteiger partial charge < -0.3 is 9.64 Å². The van der Waals surface area contributed by atoms with E-state index in [1.807, 2.05) is 60.7 Å². The molecule has 0 spiro atoms. The summed E-state index contributed by atoms with van der Waals surface area (Å²) >= 11 is 0. The van der Waals surface area contributed by atoms with E-state index in [0.717, 1.165) is 28.3 Å². The zero-order chi connectivity index (χ0) is 22.1. The van der Waals surface area contributed by atoms with E-state index in [0.29, 0.717) is 43.6 Å². The summed E-state index contributed by atoms with van der Waals surface area (Å²) in [4.78, 5) is 32.5. The molecule has 0 radical (unpaired) electrons. The third-order valence-corrected chi connectivity index (χ3v) is 5.99. The molecule has 32 heavy (non-hydrogen) atoms. The van der Waals surface area contributed by atoms with Crippen LogP contribution in [0.15, 0.2) is 65.5 Å². The number of carbonyl (C=O) groups is 1. The van der Waals surface area contributed by atoms with Gasteiger partial charge in [0.25, 0.3) is 5.56 Å². The number of benzene rings is 2. The fourth-order valence-electron chi connectivity index (χ4n) is 4.17. The molecular weight excluding hydrogens is 404 g/mol. The molecular formula is C25H24N4O3. The molecule has 0 unspecified atom stereocenters. The minimum atomic E-state index is -0.148. The number of nitrogens with zero attached hydrogens (tertiary/aromatic N) is 3. The third-order valence-electron chi connectivity index (χ3n) is 5.99. The molecule has 0 aliphatic carbocycles. The van der Waals surface area contributed by atoms with Crippen molar-refractivity contribution in [2.45, 2.75) is 25.8 Å². The largest absolute Gasteiger partial charge is 0.497 e. The van der Waals surface area contributed by atoms with Crippen molar-refractivity contribution in [1.29, 1.82) is 0 Å². The Balaban J connectivity index is 1.38. The van der Waals surface area contributed by atoms with Gasteiger partial charge in [0.15, 0.2) is 5.65 Å². The lowest BCUT2D eigenvalue weighted by Gasteiger charge is -2.27. The smallest absolute Gasteiger partial charge is 0.277 e. The lowest BCUT2D eigenvalue weighted by Crippen LogP contribution is -2.40. The highest BCUT2D eigenvalue weighted by Crippen LogP contribution is 2.23. The Morgan fingerprint density at radius 3 is 2.66 bits per heavy atom. The van der Waals surface area contributed by atoms with Crippen molar-refractivity contribution in [2.24, 2.45) is 0 Å². The molecule has 4 aromatic rings. The quantitative estimate of drug-likeness (QED) is 0.529. The summed E-state index contributed by atoms with van der Waals surface area (Å²) < 4.78 is 6.68. The summed E-state index contributed by atoms with van der Waals surface area (Å²) in [5.74, 6) is 0.835. The van der Waals surface area contributed by atoms with E-state index in [1.165, 1.54) is 4.52 Å². The second kappa shape index (κ2) is 8.34. The number of aromatic amines is 1. The van der Waals surface area contributed by atoms with Crippen LogP contribution in [0.3, 0.4) is 0 Å². The molecule has 1 amide bonds. The van der Waals surface area contributed by atoms with Crippen molar-refractivity contribution in [3.8, 4) is 17.0 Å². The summed E-state index contributed by atoms with van der Waals surface area (Å²) in [6, 6.07) is 19.5. The molecule has 0 bridgehead atoms. The first-order valence-electron chi connectivity index (χ1n) is 10.7.